The van der Waals surface area contributed by atoms with Crippen molar-refractivity contribution in [2.24, 2.45) is 0 Å². The molecule has 0 fully saturated rings. The summed E-state index contributed by atoms with van der Waals surface area (Å²) < 4.78 is 0.665. The molecule has 1 aromatic heterocycles. The van der Waals surface area contributed by atoms with Crippen LogP contribution in [0.5, 0.6) is 0 Å². The van der Waals surface area contributed by atoms with Crippen LogP contribution < -0.4 is 5.32 Å². The number of alkyl halides is 1. The summed E-state index contributed by atoms with van der Waals surface area (Å²) >= 11 is 8.05. The molecule has 0 saturated carbocycles. The number of aromatic nitrogens is 2. The Bertz CT molecular complexity index is 404. The van der Waals surface area contributed by atoms with Gasteiger partial charge in [0.05, 0.1) is 9.99 Å². The SMILES string of the molecule is CC(C)(C)NC(=O)c1cnc(CI)nc1Cl. The zero-order valence-corrected chi connectivity index (χ0v) is 12.3. The largest absolute Gasteiger partial charge is 0.347 e. The second-order valence-corrected chi connectivity index (χ2v) is 5.45. The molecule has 0 atom stereocenters. The quantitative estimate of drug-likeness (QED) is 0.505. The van der Waals surface area contributed by atoms with Crippen molar-refractivity contribution in [1.82, 2.24) is 15.3 Å². The first-order valence-corrected chi connectivity index (χ1v) is 6.64. The molecule has 0 aliphatic carbocycles. The first-order valence-electron chi connectivity index (χ1n) is 4.73. The van der Waals surface area contributed by atoms with E-state index in [-0.39, 0.29) is 16.6 Å². The van der Waals surface area contributed by atoms with Gasteiger partial charge in [-0.1, -0.05) is 34.2 Å². The molecule has 4 nitrogen and oxygen atoms in total. The van der Waals surface area contributed by atoms with Crippen molar-refractivity contribution in [2.75, 3.05) is 0 Å². The van der Waals surface area contributed by atoms with E-state index < -0.39 is 0 Å². The van der Waals surface area contributed by atoms with Gasteiger partial charge in [0.25, 0.3) is 5.91 Å². The monoisotopic (exact) mass is 353 g/mol. The number of amides is 1. The summed E-state index contributed by atoms with van der Waals surface area (Å²) in [6.45, 7) is 5.70. The van der Waals surface area contributed by atoms with Crippen molar-refractivity contribution >= 4 is 40.1 Å². The number of carbonyl (C=O) groups is 1. The van der Waals surface area contributed by atoms with Gasteiger partial charge in [-0.25, -0.2) is 9.97 Å². The predicted molar refractivity (Wildman–Crippen MR) is 72.0 cm³/mol. The predicted octanol–water partition coefficient (Wildman–Crippen LogP) is 2.59. The highest BCUT2D eigenvalue weighted by molar-refractivity contribution is 14.1. The average Bonchev–Trinajstić information content (AvgIpc) is 2.14. The van der Waals surface area contributed by atoms with Gasteiger partial charge in [0, 0.05) is 11.7 Å². The van der Waals surface area contributed by atoms with Crippen molar-refractivity contribution in [3.05, 3.63) is 22.7 Å². The van der Waals surface area contributed by atoms with E-state index in [2.05, 4.69) is 37.9 Å². The lowest BCUT2D eigenvalue weighted by molar-refractivity contribution is 0.0919. The average molecular weight is 354 g/mol. The van der Waals surface area contributed by atoms with E-state index in [1.807, 2.05) is 20.8 Å². The highest BCUT2D eigenvalue weighted by Gasteiger charge is 2.18. The zero-order valence-electron chi connectivity index (χ0n) is 9.34. The first kappa shape index (κ1) is 13.6. The second-order valence-electron chi connectivity index (χ2n) is 4.33. The molecule has 0 spiro atoms. The van der Waals surface area contributed by atoms with E-state index in [4.69, 9.17) is 11.6 Å². The summed E-state index contributed by atoms with van der Waals surface area (Å²) in [5.74, 6) is 0.371. The highest BCUT2D eigenvalue weighted by Crippen LogP contribution is 2.14. The molecule has 6 heteroatoms. The van der Waals surface area contributed by atoms with E-state index in [0.717, 1.165) is 0 Å². The lowest BCUT2D eigenvalue weighted by Crippen LogP contribution is -2.40. The van der Waals surface area contributed by atoms with Gasteiger partial charge >= 0.3 is 0 Å². The number of hydrogen-bond acceptors (Lipinski definition) is 3. The van der Waals surface area contributed by atoms with Crippen LogP contribution in [0.1, 0.15) is 37.0 Å². The minimum absolute atomic E-state index is 0.198. The van der Waals surface area contributed by atoms with Crippen molar-refractivity contribution in [3.63, 3.8) is 0 Å². The van der Waals surface area contributed by atoms with E-state index in [0.29, 0.717) is 15.8 Å². The van der Waals surface area contributed by atoms with Crippen molar-refractivity contribution in [1.29, 1.82) is 0 Å². The molecule has 1 aromatic rings. The van der Waals surface area contributed by atoms with Gasteiger partial charge in [-0.15, -0.1) is 0 Å². The molecule has 0 radical (unpaired) electrons. The summed E-state index contributed by atoms with van der Waals surface area (Å²) in [7, 11) is 0. The second kappa shape index (κ2) is 5.27. The maximum atomic E-state index is 11.8. The van der Waals surface area contributed by atoms with Crippen molar-refractivity contribution in [3.8, 4) is 0 Å². The van der Waals surface area contributed by atoms with Crippen LogP contribution in [-0.4, -0.2) is 21.4 Å². The molecule has 0 bridgehead atoms. The molecular weight excluding hydrogens is 340 g/mol. The number of carbonyl (C=O) groups excluding carboxylic acids is 1. The Morgan fingerprint density at radius 1 is 1.56 bits per heavy atom. The van der Waals surface area contributed by atoms with Crippen LogP contribution in [0.2, 0.25) is 5.15 Å². The summed E-state index contributed by atoms with van der Waals surface area (Å²) in [5, 5.41) is 3.01. The molecule has 1 rings (SSSR count). The Morgan fingerprint density at radius 3 is 2.62 bits per heavy atom. The van der Waals surface area contributed by atoms with Crippen molar-refractivity contribution < 1.29 is 4.79 Å². The minimum atomic E-state index is -0.303. The fourth-order valence-corrected chi connectivity index (χ4v) is 1.62. The number of nitrogens with one attached hydrogen (secondary N) is 1. The standard InChI is InChI=1S/C10H13ClIN3O/c1-10(2,3)15-9(16)6-5-13-7(4-12)14-8(6)11/h5H,4H2,1-3H3,(H,15,16). The highest BCUT2D eigenvalue weighted by atomic mass is 127. The number of hydrogen-bond donors (Lipinski definition) is 1. The zero-order chi connectivity index (χ0) is 12.3. The van der Waals surface area contributed by atoms with Gasteiger partial charge < -0.3 is 5.32 Å². The molecule has 88 valence electrons. The fraction of sp³-hybridized carbons (Fsp3) is 0.500. The van der Waals surface area contributed by atoms with E-state index in [1.54, 1.807) is 0 Å². The van der Waals surface area contributed by atoms with Crippen LogP contribution in [0.25, 0.3) is 0 Å². The van der Waals surface area contributed by atoms with Crippen LogP contribution in [0.15, 0.2) is 6.20 Å². The van der Waals surface area contributed by atoms with E-state index in [1.165, 1.54) is 6.20 Å². The van der Waals surface area contributed by atoms with E-state index >= 15 is 0 Å². The Morgan fingerprint density at radius 2 is 2.19 bits per heavy atom. The molecule has 0 aliphatic rings. The smallest absolute Gasteiger partial charge is 0.256 e. The normalized spacial score (nSPS) is 11.3. The van der Waals surface area contributed by atoms with Gasteiger partial charge in [0.15, 0.2) is 0 Å². The lowest BCUT2D eigenvalue weighted by atomic mass is 10.1. The molecular formula is C10H13ClIN3O. The first-order chi connectivity index (χ1) is 7.33. The van der Waals surface area contributed by atoms with Gasteiger partial charge in [0.2, 0.25) is 0 Å². The summed E-state index contributed by atoms with van der Waals surface area (Å²) in [6.07, 6.45) is 1.46. The van der Waals surface area contributed by atoms with E-state index in [9.17, 15) is 4.79 Å². The van der Waals surface area contributed by atoms with Crippen LogP contribution in [0.3, 0.4) is 0 Å². The van der Waals surface area contributed by atoms with Gasteiger partial charge in [-0.05, 0) is 20.8 Å². The maximum Gasteiger partial charge on any atom is 0.256 e. The fourth-order valence-electron chi connectivity index (χ4n) is 1.02. The molecule has 1 amide bonds. The number of halogens is 2. The summed E-state index contributed by atoms with van der Waals surface area (Å²) in [5.41, 5.74) is 0.00714. The van der Waals surface area contributed by atoms with Crippen LogP contribution in [0, 0.1) is 0 Å². The van der Waals surface area contributed by atoms with Crippen LogP contribution in [0.4, 0.5) is 0 Å². The molecule has 0 aliphatic heterocycles. The topological polar surface area (TPSA) is 54.9 Å². The molecule has 0 saturated heterocycles. The lowest BCUT2D eigenvalue weighted by Gasteiger charge is -2.20. The third-order valence-electron chi connectivity index (χ3n) is 1.64. The number of nitrogens with zero attached hydrogens (tertiary/aromatic N) is 2. The third kappa shape index (κ3) is 3.86. The molecule has 1 heterocycles. The van der Waals surface area contributed by atoms with Crippen LogP contribution >= 0.6 is 34.2 Å². The Hall–Kier alpha value is -0.430. The maximum absolute atomic E-state index is 11.8. The molecule has 1 N–H and O–H groups in total. The molecule has 0 aromatic carbocycles. The Labute approximate surface area is 113 Å². The summed E-state index contributed by atoms with van der Waals surface area (Å²) in [4.78, 5) is 19.9. The third-order valence-corrected chi connectivity index (χ3v) is 2.62. The molecule has 16 heavy (non-hydrogen) atoms. The summed E-state index contributed by atoms with van der Waals surface area (Å²) in [6, 6.07) is 0. The van der Waals surface area contributed by atoms with Crippen LogP contribution in [-0.2, 0) is 4.43 Å². The van der Waals surface area contributed by atoms with Gasteiger partial charge in [-0.3, -0.25) is 4.79 Å². The van der Waals surface area contributed by atoms with Crippen molar-refractivity contribution in [2.45, 2.75) is 30.7 Å². The van der Waals surface area contributed by atoms with Gasteiger partial charge in [0.1, 0.15) is 11.0 Å². The number of rotatable bonds is 2. The molecule has 0 unspecified atom stereocenters. The Balaban J connectivity index is 2.93. The van der Waals surface area contributed by atoms with Gasteiger partial charge in [-0.2, -0.15) is 0 Å². The minimum Gasteiger partial charge on any atom is -0.347 e. The Kier molecular flexibility index (Phi) is 4.49.